The number of benzene rings is 1. The Morgan fingerprint density at radius 1 is 1.11 bits per heavy atom. The van der Waals surface area contributed by atoms with Crippen LogP contribution >= 0.6 is 11.6 Å². The highest BCUT2D eigenvalue weighted by Gasteiger charge is 2.27. The van der Waals surface area contributed by atoms with E-state index in [-0.39, 0.29) is 11.8 Å². The number of pyridine rings is 1. The second kappa shape index (κ2) is 8.28. The molecule has 0 atom stereocenters. The summed E-state index contributed by atoms with van der Waals surface area (Å²) < 4.78 is 23.0. The molecule has 0 spiro atoms. The largest absolute Gasteiger partial charge is 0.421 e. The summed E-state index contributed by atoms with van der Waals surface area (Å²) in [6, 6.07) is 8.45. The smallest absolute Gasteiger partial charge is 0.322 e. The lowest BCUT2D eigenvalue weighted by Crippen LogP contribution is -2.00. The maximum absolute atomic E-state index is 15.3. The number of hydrogen-bond donors (Lipinski definition) is 1. The highest BCUT2D eigenvalue weighted by molar-refractivity contribution is 6.29. The molecule has 0 bridgehead atoms. The number of ether oxygens (including phenoxy) is 1. The van der Waals surface area contributed by atoms with Gasteiger partial charge in [-0.15, -0.1) is 0 Å². The maximum atomic E-state index is 15.3. The molecular weight excluding hydrogens is 469 g/mol. The Morgan fingerprint density at radius 2 is 2.00 bits per heavy atom. The van der Waals surface area contributed by atoms with E-state index < -0.39 is 5.82 Å². The van der Waals surface area contributed by atoms with Crippen LogP contribution in [-0.2, 0) is 13.0 Å². The number of fused-ring (bicyclic) bond motifs is 5. The number of hydrogen-bond acceptors (Lipinski definition) is 7. The predicted octanol–water partition coefficient (Wildman–Crippen LogP) is 5.37. The molecule has 1 aliphatic rings. The minimum atomic E-state index is -0.556. The molecule has 10 heteroatoms. The van der Waals surface area contributed by atoms with Gasteiger partial charge in [-0.2, -0.15) is 0 Å². The van der Waals surface area contributed by atoms with Crippen LogP contribution in [0.1, 0.15) is 17.7 Å². The van der Waals surface area contributed by atoms with Crippen molar-refractivity contribution in [2.75, 3.05) is 5.73 Å². The van der Waals surface area contributed by atoms with Gasteiger partial charge >= 0.3 is 6.01 Å². The van der Waals surface area contributed by atoms with Gasteiger partial charge in [0.15, 0.2) is 11.6 Å². The van der Waals surface area contributed by atoms with Gasteiger partial charge in [-0.05, 0) is 55.2 Å². The number of nitrogens with zero attached hydrogens (tertiary/aromatic N) is 6. The summed E-state index contributed by atoms with van der Waals surface area (Å²) in [6.45, 7) is 2.52. The van der Waals surface area contributed by atoms with E-state index in [1.54, 1.807) is 30.6 Å². The van der Waals surface area contributed by atoms with E-state index in [1.165, 1.54) is 12.4 Å². The molecule has 0 saturated carbocycles. The molecule has 0 fully saturated rings. The summed E-state index contributed by atoms with van der Waals surface area (Å²) in [7, 11) is 0. The number of aryl methyl sites for hydroxylation is 3. The van der Waals surface area contributed by atoms with E-state index in [0.717, 1.165) is 40.9 Å². The van der Waals surface area contributed by atoms with Crippen LogP contribution in [0.5, 0.6) is 11.8 Å². The van der Waals surface area contributed by atoms with E-state index in [4.69, 9.17) is 22.1 Å². The quantitative estimate of drug-likeness (QED) is 0.341. The summed E-state index contributed by atoms with van der Waals surface area (Å²) in [6.07, 6.45) is 6.47. The van der Waals surface area contributed by atoms with Crippen LogP contribution in [0.15, 0.2) is 49.1 Å². The van der Waals surface area contributed by atoms with E-state index in [2.05, 4.69) is 29.5 Å². The van der Waals surface area contributed by atoms with Crippen molar-refractivity contribution in [1.82, 2.24) is 29.5 Å². The lowest BCUT2D eigenvalue weighted by Gasteiger charge is -2.12. The third-order valence-electron chi connectivity index (χ3n) is 6.10. The molecule has 8 nitrogen and oxygen atoms in total. The first-order chi connectivity index (χ1) is 17.0. The van der Waals surface area contributed by atoms with Crippen molar-refractivity contribution in [2.24, 2.45) is 0 Å². The zero-order valence-corrected chi connectivity index (χ0v) is 19.4. The van der Waals surface area contributed by atoms with Gasteiger partial charge in [-0.3, -0.25) is 0 Å². The molecular formula is C25H19ClFN7O. The number of halogens is 2. The molecule has 174 valence electrons. The molecule has 5 heterocycles. The van der Waals surface area contributed by atoms with Crippen LogP contribution in [0.25, 0.3) is 33.4 Å². The van der Waals surface area contributed by atoms with Crippen molar-refractivity contribution in [3.8, 4) is 34.1 Å². The number of nitrogen functional groups attached to an aromatic ring is 1. The van der Waals surface area contributed by atoms with Crippen molar-refractivity contribution in [3.63, 3.8) is 0 Å². The van der Waals surface area contributed by atoms with Crippen molar-refractivity contribution in [3.05, 3.63) is 71.3 Å². The van der Waals surface area contributed by atoms with E-state index >= 15 is 4.39 Å². The van der Waals surface area contributed by atoms with Crippen molar-refractivity contribution >= 4 is 28.5 Å². The number of nitrogens with two attached hydrogens (primary N) is 1. The van der Waals surface area contributed by atoms with E-state index in [0.29, 0.717) is 34.1 Å². The Kier molecular flexibility index (Phi) is 5.07. The van der Waals surface area contributed by atoms with Crippen LogP contribution in [0.2, 0.25) is 5.15 Å². The van der Waals surface area contributed by atoms with Crippen LogP contribution in [0.3, 0.4) is 0 Å². The average molecular weight is 488 g/mol. The van der Waals surface area contributed by atoms with Gasteiger partial charge in [0, 0.05) is 35.8 Å². The lowest BCUT2D eigenvalue weighted by atomic mass is 9.96. The number of aromatic nitrogens is 6. The van der Waals surface area contributed by atoms with Crippen LogP contribution in [0, 0.1) is 12.7 Å². The molecule has 1 aromatic carbocycles. The van der Waals surface area contributed by atoms with Gasteiger partial charge < -0.3 is 15.0 Å². The van der Waals surface area contributed by atoms with Crippen molar-refractivity contribution < 1.29 is 9.13 Å². The first-order valence-corrected chi connectivity index (χ1v) is 11.4. The highest BCUT2D eigenvalue weighted by atomic mass is 35.5. The molecule has 0 unspecified atom stereocenters. The van der Waals surface area contributed by atoms with Gasteiger partial charge in [0.1, 0.15) is 22.9 Å². The fourth-order valence-corrected chi connectivity index (χ4v) is 4.78. The summed E-state index contributed by atoms with van der Waals surface area (Å²) in [4.78, 5) is 21.3. The Labute approximate surface area is 204 Å². The SMILES string of the molecule is Cc1ccnc(Oc2ccc(-c3c4n(c5ncnc(N)c35)CCCc3cc(Cl)ncc3-4)cc2F)n1. The molecule has 35 heavy (non-hydrogen) atoms. The predicted molar refractivity (Wildman–Crippen MR) is 131 cm³/mol. The monoisotopic (exact) mass is 487 g/mol. The first-order valence-electron chi connectivity index (χ1n) is 11.0. The van der Waals surface area contributed by atoms with Crippen LogP contribution in [-0.4, -0.2) is 29.5 Å². The highest BCUT2D eigenvalue weighted by Crippen LogP contribution is 2.45. The third kappa shape index (κ3) is 3.64. The zero-order chi connectivity index (χ0) is 24.1. The van der Waals surface area contributed by atoms with Crippen LogP contribution < -0.4 is 10.5 Å². The van der Waals surface area contributed by atoms with Gasteiger partial charge in [0.25, 0.3) is 0 Å². The van der Waals surface area contributed by atoms with Gasteiger partial charge in [-0.25, -0.2) is 29.3 Å². The Morgan fingerprint density at radius 3 is 2.83 bits per heavy atom. The summed E-state index contributed by atoms with van der Waals surface area (Å²) in [5.74, 6) is -0.214. The Balaban J connectivity index is 1.57. The normalized spacial score (nSPS) is 12.8. The second-order valence-corrected chi connectivity index (χ2v) is 8.72. The molecule has 1 aliphatic heterocycles. The first kappa shape index (κ1) is 21.4. The number of anilines is 1. The average Bonchev–Trinajstić information content (AvgIpc) is 3.04. The van der Waals surface area contributed by atoms with Gasteiger partial charge in [0.2, 0.25) is 0 Å². The summed E-state index contributed by atoms with van der Waals surface area (Å²) >= 11 is 6.20. The Bertz CT molecular complexity index is 1620. The van der Waals surface area contributed by atoms with E-state index in [9.17, 15) is 0 Å². The molecule has 2 N–H and O–H groups in total. The van der Waals surface area contributed by atoms with Crippen molar-refractivity contribution in [2.45, 2.75) is 26.3 Å². The maximum Gasteiger partial charge on any atom is 0.322 e. The Hall–Kier alpha value is -4.11. The molecule has 0 aliphatic carbocycles. The van der Waals surface area contributed by atoms with Gasteiger partial charge in [-0.1, -0.05) is 17.7 Å². The molecule has 5 aromatic rings. The second-order valence-electron chi connectivity index (χ2n) is 8.33. The molecule has 0 saturated heterocycles. The number of rotatable bonds is 3. The third-order valence-corrected chi connectivity index (χ3v) is 6.31. The van der Waals surface area contributed by atoms with Gasteiger partial charge in [0.05, 0.1) is 11.1 Å². The fourth-order valence-electron chi connectivity index (χ4n) is 4.60. The zero-order valence-electron chi connectivity index (χ0n) is 18.7. The molecule has 4 aromatic heterocycles. The van der Waals surface area contributed by atoms with Crippen LogP contribution in [0.4, 0.5) is 10.2 Å². The molecule has 6 rings (SSSR count). The lowest BCUT2D eigenvalue weighted by molar-refractivity contribution is 0.410. The summed E-state index contributed by atoms with van der Waals surface area (Å²) in [5.41, 5.74) is 11.9. The minimum Gasteiger partial charge on any atom is -0.421 e. The van der Waals surface area contributed by atoms with Crippen molar-refractivity contribution in [1.29, 1.82) is 0 Å². The fraction of sp³-hybridized carbons (Fsp3) is 0.160. The topological polar surface area (TPSA) is 105 Å². The standard InChI is InChI=1S/C25H19ClFN7O/c1-13-6-7-29-25(33-13)35-18-5-4-15(9-17(18)27)20-21-23(28)31-12-32-24(21)34-8-2-3-14-10-19(26)30-11-16(14)22(20)34/h4-7,9-12H,2-3,8H2,1H3,(H2,28,31,32). The molecule has 0 amide bonds. The molecule has 0 radical (unpaired) electrons. The summed E-state index contributed by atoms with van der Waals surface area (Å²) in [5, 5.41) is 1.10. The van der Waals surface area contributed by atoms with E-state index in [1.807, 2.05) is 13.0 Å². The minimum absolute atomic E-state index is 0.0204.